The van der Waals surface area contributed by atoms with E-state index in [4.69, 9.17) is 0 Å². The maximum Gasteiger partial charge on any atom is 0.337 e. The van der Waals surface area contributed by atoms with Crippen LogP contribution in [0.15, 0.2) is 78.9 Å². The van der Waals surface area contributed by atoms with E-state index >= 15 is 0 Å². The number of rotatable bonds is 5. The standard InChI is InChI=1S/C21H19NO2/c1-22-19-13-12-17(14-18(19)21(23)24)20(15-8-4-2-5-9-15)16-10-6-3-7-11-16/h2-14,20,22H,1H3,(H,23,24). The lowest BCUT2D eigenvalue weighted by atomic mass is 9.84. The minimum atomic E-state index is -0.930. The third-order valence-corrected chi connectivity index (χ3v) is 4.14. The van der Waals surface area contributed by atoms with Gasteiger partial charge in [0.25, 0.3) is 0 Å². The van der Waals surface area contributed by atoms with E-state index in [1.54, 1.807) is 13.1 Å². The van der Waals surface area contributed by atoms with Crippen LogP contribution in [0.25, 0.3) is 0 Å². The summed E-state index contributed by atoms with van der Waals surface area (Å²) in [6, 6.07) is 25.9. The molecule has 0 radical (unpaired) electrons. The van der Waals surface area contributed by atoms with Gasteiger partial charge in [-0.3, -0.25) is 0 Å². The topological polar surface area (TPSA) is 49.3 Å². The second-order valence-electron chi connectivity index (χ2n) is 5.61. The van der Waals surface area contributed by atoms with Crippen molar-refractivity contribution in [1.29, 1.82) is 0 Å². The van der Waals surface area contributed by atoms with Crippen LogP contribution >= 0.6 is 0 Å². The van der Waals surface area contributed by atoms with E-state index in [0.29, 0.717) is 5.69 Å². The lowest BCUT2D eigenvalue weighted by Gasteiger charge is -2.20. The average Bonchev–Trinajstić information content (AvgIpc) is 2.63. The minimum absolute atomic E-state index is 0.00333. The molecule has 0 spiro atoms. The zero-order valence-corrected chi connectivity index (χ0v) is 13.4. The molecule has 0 aliphatic heterocycles. The van der Waals surface area contributed by atoms with Gasteiger partial charge in [0.15, 0.2) is 0 Å². The fraction of sp³-hybridized carbons (Fsp3) is 0.0952. The van der Waals surface area contributed by atoms with E-state index in [1.807, 2.05) is 48.5 Å². The van der Waals surface area contributed by atoms with Crippen molar-refractivity contribution < 1.29 is 9.90 Å². The minimum Gasteiger partial charge on any atom is -0.478 e. The van der Waals surface area contributed by atoms with Gasteiger partial charge in [-0.25, -0.2) is 4.79 Å². The largest absolute Gasteiger partial charge is 0.478 e. The Labute approximate surface area is 141 Å². The van der Waals surface area contributed by atoms with Crippen LogP contribution in [-0.4, -0.2) is 18.1 Å². The Morgan fingerprint density at radius 1 is 0.833 bits per heavy atom. The Bertz CT molecular complexity index is 789. The summed E-state index contributed by atoms with van der Waals surface area (Å²) in [6.07, 6.45) is 0. The van der Waals surface area contributed by atoms with Gasteiger partial charge in [0.1, 0.15) is 0 Å². The van der Waals surface area contributed by atoms with Crippen molar-refractivity contribution in [3.05, 3.63) is 101 Å². The highest BCUT2D eigenvalue weighted by Crippen LogP contribution is 2.33. The van der Waals surface area contributed by atoms with Crippen molar-refractivity contribution in [2.45, 2.75) is 5.92 Å². The molecule has 0 heterocycles. The second-order valence-corrected chi connectivity index (χ2v) is 5.61. The fourth-order valence-electron chi connectivity index (χ4n) is 3.00. The van der Waals surface area contributed by atoms with Crippen LogP contribution in [-0.2, 0) is 0 Å². The van der Waals surface area contributed by atoms with Crippen molar-refractivity contribution in [2.24, 2.45) is 0 Å². The maximum absolute atomic E-state index is 11.6. The predicted octanol–water partition coefficient (Wildman–Crippen LogP) is 4.61. The Morgan fingerprint density at radius 2 is 1.38 bits per heavy atom. The van der Waals surface area contributed by atoms with Gasteiger partial charge in [-0.15, -0.1) is 0 Å². The van der Waals surface area contributed by atoms with Gasteiger partial charge in [0, 0.05) is 18.7 Å². The Morgan fingerprint density at radius 3 is 1.83 bits per heavy atom. The van der Waals surface area contributed by atoms with Gasteiger partial charge in [-0.1, -0.05) is 66.7 Å². The molecule has 0 unspecified atom stereocenters. The summed E-state index contributed by atoms with van der Waals surface area (Å²) in [4.78, 5) is 11.6. The van der Waals surface area contributed by atoms with E-state index in [2.05, 4.69) is 29.6 Å². The van der Waals surface area contributed by atoms with Crippen LogP contribution in [0.2, 0.25) is 0 Å². The molecule has 0 fully saturated rings. The summed E-state index contributed by atoms with van der Waals surface area (Å²) in [5.74, 6) is -0.933. The summed E-state index contributed by atoms with van der Waals surface area (Å²) in [6.45, 7) is 0. The van der Waals surface area contributed by atoms with E-state index in [0.717, 1.165) is 16.7 Å². The van der Waals surface area contributed by atoms with Gasteiger partial charge in [0.2, 0.25) is 0 Å². The van der Waals surface area contributed by atoms with E-state index in [9.17, 15) is 9.90 Å². The molecular formula is C21H19NO2. The molecule has 0 atom stereocenters. The highest BCUT2D eigenvalue weighted by molar-refractivity contribution is 5.94. The number of aromatic carboxylic acids is 1. The summed E-state index contributed by atoms with van der Waals surface area (Å²) in [7, 11) is 1.73. The quantitative estimate of drug-likeness (QED) is 0.676. The average molecular weight is 317 g/mol. The molecule has 3 aromatic rings. The van der Waals surface area contributed by atoms with E-state index in [-0.39, 0.29) is 11.5 Å². The Kier molecular flexibility index (Phi) is 4.62. The normalized spacial score (nSPS) is 10.6. The maximum atomic E-state index is 11.6. The first-order chi connectivity index (χ1) is 11.7. The predicted molar refractivity (Wildman–Crippen MR) is 96.8 cm³/mol. The number of carbonyl (C=O) groups is 1. The lowest BCUT2D eigenvalue weighted by molar-refractivity contribution is 0.0698. The fourth-order valence-corrected chi connectivity index (χ4v) is 3.00. The molecule has 0 bridgehead atoms. The molecule has 0 amide bonds. The van der Waals surface area contributed by atoms with Gasteiger partial charge >= 0.3 is 5.97 Å². The third-order valence-electron chi connectivity index (χ3n) is 4.14. The molecule has 0 aromatic heterocycles. The number of benzene rings is 3. The smallest absolute Gasteiger partial charge is 0.337 e. The van der Waals surface area contributed by atoms with Crippen LogP contribution in [0.5, 0.6) is 0 Å². The first-order valence-electron chi connectivity index (χ1n) is 7.85. The molecule has 0 saturated heterocycles. The Balaban J connectivity index is 2.17. The first kappa shape index (κ1) is 15.8. The van der Waals surface area contributed by atoms with Crippen LogP contribution in [0.4, 0.5) is 5.69 Å². The second kappa shape index (κ2) is 7.01. The third kappa shape index (κ3) is 3.15. The molecule has 3 nitrogen and oxygen atoms in total. The van der Waals surface area contributed by atoms with Gasteiger partial charge in [0.05, 0.1) is 5.56 Å². The van der Waals surface area contributed by atoms with Crippen molar-refractivity contribution in [2.75, 3.05) is 12.4 Å². The molecule has 2 N–H and O–H groups in total. The summed E-state index contributed by atoms with van der Waals surface area (Å²) < 4.78 is 0. The molecule has 3 rings (SSSR count). The summed E-state index contributed by atoms with van der Waals surface area (Å²) in [5.41, 5.74) is 4.14. The van der Waals surface area contributed by atoms with Crippen molar-refractivity contribution in [3.8, 4) is 0 Å². The van der Waals surface area contributed by atoms with Crippen molar-refractivity contribution in [1.82, 2.24) is 0 Å². The number of hydrogen-bond acceptors (Lipinski definition) is 2. The monoisotopic (exact) mass is 317 g/mol. The summed E-state index contributed by atoms with van der Waals surface area (Å²) in [5, 5.41) is 12.4. The number of anilines is 1. The van der Waals surface area contributed by atoms with Crippen LogP contribution in [0.3, 0.4) is 0 Å². The van der Waals surface area contributed by atoms with Crippen molar-refractivity contribution in [3.63, 3.8) is 0 Å². The zero-order valence-electron chi connectivity index (χ0n) is 13.4. The number of carboxylic acid groups (broad SMARTS) is 1. The van der Waals surface area contributed by atoms with Gasteiger partial charge in [-0.05, 0) is 28.8 Å². The number of nitrogens with one attached hydrogen (secondary N) is 1. The number of hydrogen-bond donors (Lipinski definition) is 2. The van der Waals surface area contributed by atoms with Crippen LogP contribution in [0, 0.1) is 0 Å². The SMILES string of the molecule is CNc1ccc(C(c2ccccc2)c2ccccc2)cc1C(=O)O. The molecule has 3 aromatic carbocycles. The zero-order chi connectivity index (χ0) is 16.9. The van der Waals surface area contributed by atoms with Gasteiger partial charge < -0.3 is 10.4 Å². The van der Waals surface area contributed by atoms with Crippen LogP contribution in [0.1, 0.15) is 33.0 Å². The Hall–Kier alpha value is -3.07. The number of carboxylic acids is 1. The molecule has 0 saturated carbocycles. The highest BCUT2D eigenvalue weighted by Gasteiger charge is 2.19. The molecule has 0 aliphatic carbocycles. The first-order valence-corrected chi connectivity index (χ1v) is 7.85. The lowest BCUT2D eigenvalue weighted by Crippen LogP contribution is -2.08. The van der Waals surface area contributed by atoms with Crippen LogP contribution < -0.4 is 5.32 Å². The molecule has 0 aliphatic rings. The highest BCUT2D eigenvalue weighted by atomic mass is 16.4. The molecule has 120 valence electrons. The van der Waals surface area contributed by atoms with Crippen molar-refractivity contribution >= 4 is 11.7 Å². The molecular weight excluding hydrogens is 298 g/mol. The van der Waals surface area contributed by atoms with Gasteiger partial charge in [-0.2, -0.15) is 0 Å². The summed E-state index contributed by atoms with van der Waals surface area (Å²) >= 11 is 0. The van der Waals surface area contributed by atoms with E-state index < -0.39 is 5.97 Å². The van der Waals surface area contributed by atoms with E-state index in [1.165, 1.54) is 0 Å². The molecule has 24 heavy (non-hydrogen) atoms. The molecule has 3 heteroatoms.